The molecule has 2 saturated heterocycles. The summed E-state index contributed by atoms with van der Waals surface area (Å²) in [6.07, 6.45) is -8.73. The fraction of sp³-hybridized carbons (Fsp3) is 0.475. The second-order valence-corrected chi connectivity index (χ2v) is 13.0. The second kappa shape index (κ2) is 20.4. The molecule has 0 amide bonds. The fourth-order valence-electron chi connectivity index (χ4n) is 6.34. The normalized spacial score (nSPS) is 28.2. The van der Waals surface area contributed by atoms with Crippen LogP contribution in [0.2, 0.25) is 0 Å². The summed E-state index contributed by atoms with van der Waals surface area (Å²) >= 11 is 0. The Morgan fingerprint density at radius 2 is 0.981 bits per heavy atom. The summed E-state index contributed by atoms with van der Waals surface area (Å²) in [6, 6.07) is 28.0. The molecule has 0 aromatic heterocycles. The fourth-order valence-corrected chi connectivity index (χ4v) is 6.34. The predicted molar refractivity (Wildman–Crippen MR) is 191 cm³/mol. The molecule has 3 aromatic rings. The second-order valence-electron chi connectivity index (χ2n) is 13.0. The standard InChI is InChI=1S/C40H49NO13/c1-25(42)46-23-32-35(51-26(2)43)36(52-27(3)44)33(41)39(53-32)50-24-31-34(47-20-28-14-8-5-9-15-28)37(48-21-29-16-10-6-11-17-29)38(40(45-4)54-31)49-22-30-18-12-7-13-19-30/h5-19,31-40H,20-24,41H2,1-4H3/t31-,32-,33-,34-,35-,36-,37+,38-,39-,40+/m1/s1. The van der Waals surface area contributed by atoms with Gasteiger partial charge < -0.3 is 53.1 Å². The van der Waals surface area contributed by atoms with Gasteiger partial charge in [-0.05, 0) is 16.7 Å². The number of hydrogen-bond acceptors (Lipinski definition) is 14. The number of benzene rings is 3. The average molecular weight is 752 g/mol. The third-order valence-electron chi connectivity index (χ3n) is 8.85. The molecule has 0 radical (unpaired) electrons. The lowest BCUT2D eigenvalue weighted by molar-refractivity contribution is -0.334. The van der Waals surface area contributed by atoms with E-state index in [1.807, 2.05) is 91.0 Å². The Morgan fingerprint density at radius 1 is 0.537 bits per heavy atom. The van der Waals surface area contributed by atoms with Crippen LogP contribution in [0, 0.1) is 0 Å². The van der Waals surface area contributed by atoms with Gasteiger partial charge in [0, 0.05) is 27.9 Å². The maximum atomic E-state index is 12.2. The van der Waals surface area contributed by atoms with Crippen molar-refractivity contribution in [3.63, 3.8) is 0 Å². The summed E-state index contributed by atoms with van der Waals surface area (Å²) in [5.41, 5.74) is 9.39. The van der Waals surface area contributed by atoms with E-state index in [9.17, 15) is 14.4 Å². The third-order valence-corrected chi connectivity index (χ3v) is 8.85. The molecule has 0 bridgehead atoms. The summed E-state index contributed by atoms with van der Waals surface area (Å²) in [6.45, 7) is 3.82. The first-order valence-electron chi connectivity index (χ1n) is 17.8. The van der Waals surface area contributed by atoms with Gasteiger partial charge in [0.15, 0.2) is 24.8 Å². The number of nitrogens with two attached hydrogens (primary N) is 1. The van der Waals surface area contributed by atoms with Gasteiger partial charge in [0.05, 0.1) is 32.5 Å². The Balaban J connectivity index is 1.43. The zero-order chi connectivity index (χ0) is 38.5. The highest BCUT2D eigenvalue weighted by Gasteiger charge is 2.52. The lowest BCUT2D eigenvalue weighted by Crippen LogP contribution is -2.66. The summed E-state index contributed by atoms with van der Waals surface area (Å²) in [5, 5.41) is 0. The highest BCUT2D eigenvalue weighted by atomic mass is 16.7. The van der Waals surface area contributed by atoms with Crippen LogP contribution in [0.3, 0.4) is 0 Å². The van der Waals surface area contributed by atoms with E-state index in [0.717, 1.165) is 16.7 Å². The lowest BCUT2D eigenvalue weighted by atomic mass is 9.96. The molecule has 0 spiro atoms. The Labute approximate surface area is 315 Å². The van der Waals surface area contributed by atoms with Crippen LogP contribution in [0.25, 0.3) is 0 Å². The van der Waals surface area contributed by atoms with Crippen LogP contribution in [0.4, 0.5) is 0 Å². The molecule has 0 unspecified atom stereocenters. The molecule has 3 aromatic carbocycles. The van der Waals surface area contributed by atoms with E-state index >= 15 is 0 Å². The zero-order valence-electron chi connectivity index (χ0n) is 30.9. The molecule has 2 fully saturated rings. The van der Waals surface area contributed by atoms with Gasteiger partial charge in [0.1, 0.15) is 37.1 Å². The van der Waals surface area contributed by atoms with Crippen LogP contribution in [-0.4, -0.2) is 99.6 Å². The number of esters is 3. The average Bonchev–Trinajstić information content (AvgIpc) is 3.17. The largest absolute Gasteiger partial charge is 0.463 e. The van der Waals surface area contributed by atoms with Gasteiger partial charge in [0.25, 0.3) is 0 Å². The van der Waals surface area contributed by atoms with Gasteiger partial charge >= 0.3 is 17.9 Å². The van der Waals surface area contributed by atoms with Crippen molar-refractivity contribution in [2.75, 3.05) is 20.3 Å². The van der Waals surface area contributed by atoms with Crippen LogP contribution in [0.5, 0.6) is 0 Å². The van der Waals surface area contributed by atoms with Gasteiger partial charge in [-0.2, -0.15) is 0 Å². The lowest BCUT2D eigenvalue weighted by Gasteiger charge is -2.47. The molecule has 292 valence electrons. The molecule has 2 N–H and O–H groups in total. The van der Waals surface area contributed by atoms with Crippen molar-refractivity contribution < 1.29 is 61.8 Å². The number of carbonyl (C=O) groups excluding carboxylic acids is 3. The van der Waals surface area contributed by atoms with Gasteiger partial charge in [-0.1, -0.05) is 91.0 Å². The first-order valence-corrected chi connectivity index (χ1v) is 17.8. The van der Waals surface area contributed by atoms with Crippen molar-refractivity contribution in [3.05, 3.63) is 108 Å². The van der Waals surface area contributed by atoms with E-state index in [0.29, 0.717) is 0 Å². The molecule has 14 heteroatoms. The predicted octanol–water partition coefficient (Wildman–Crippen LogP) is 3.61. The number of rotatable bonds is 17. The van der Waals surface area contributed by atoms with E-state index < -0.39 is 79.3 Å². The van der Waals surface area contributed by atoms with Crippen molar-refractivity contribution in [2.24, 2.45) is 5.73 Å². The van der Waals surface area contributed by atoms with Gasteiger partial charge in [-0.3, -0.25) is 14.4 Å². The molecule has 2 aliphatic rings. The minimum atomic E-state index is -1.24. The van der Waals surface area contributed by atoms with E-state index in [1.54, 1.807) is 0 Å². The van der Waals surface area contributed by atoms with Crippen molar-refractivity contribution in [1.82, 2.24) is 0 Å². The van der Waals surface area contributed by atoms with Gasteiger partial charge in [-0.15, -0.1) is 0 Å². The van der Waals surface area contributed by atoms with Crippen molar-refractivity contribution in [2.45, 2.75) is 102 Å². The monoisotopic (exact) mass is 751 g/mol. The molecule has 54 heavy (non-hydrogen) atoms. The molecule has 2 heterocycles. The minimum Gasteiger partial charge on any atom is -0.463 e. The highest BCUT2D eigenvalue weighted by Crippen LogP contribution is 2.33. The maximum Gasteiger partial charge on any atom is 0.303 e. The first-order chi connectivity index (χ1) is 26.1. The number of methoxy groups -OCH3 is 1. The van der Waals surface area contributed by atoms with Gasteiger partial charge in [0.2, 0.25) is 0 Å². The molecule has 14 nitrogen and oxygen atoms in total. The van der Waals surface area contributed by atoms with Crippen molar-refractivity contribution in [3.8, 4) is 0 Å². The summed E-state index contributed by atoms with van der Waals surface area (Å²) in [7, 11) is 1.51. The topological polar surface area (TPSA) is 170 Å². The van der Waals surface area contributed by atoms with E-state index in [1.165, 1.54) is 27.9 Å². The maximum absolute atomic E-state index is 12.2. The minimum absolute atomic E-state index is 0.167. The highest BCUT2D eigenvalue weighted by molar-refractivity contribution is 5.68. The SMILES string of the molecule is CO[C@H]1O[C@H](CO[C@@H]2O[C@H](COC(C)=O)[C@@H](OC(C)=O)[C@H](OC(C)=O)[C@H]2N)[C@@H](OCc2ccccc2)[C@H](OCc2ccccc2)[C@H]1OCc1ccccc1. The van der Waals surface area contributed by atoms with E-state index in [-0.39, 0.29) is 33.0 Å². The molecular weight excluding hydrogens is 702 g/mol. The van der Waals surface area contributed by atoms with Crippen LogP contribution < -0.4 is 5.73 Å². The molecular formula is C40H49NO13. The van der Waals surface area contributed by atoms with Crippen LogP contribution in [0.15, 0.2) is 91.0 Å². The Kier molecular flexibility index (Phi) is 15.5. The summed E-state index contributed by atoms with van der Waals surface area (Å²) < 4.78 is 60.8. The van der Waals surface area contributed by atoms with Crippen LogP contribution >= 0.6 is 0 Å². The zero-order valence-corrected chi connectivity index (χ0v) is 30.9. The summed E-state index contributed by atoms with van der Waals surface area (Å²) in [4.78, 5) is 36.0. The Hall–Kier alpha value is -4.25. The number of hydrogen-bond donors (Lipinski definition) is 1. The molecule has 10 atom stereocenters. The quantitative estimate of drug-likeness (QED) is 0.157. The van der Waals surface area contributed by atoms with Gasteiger partial charge in [-0.25, -0.2) is 0 Å². The van der Waals surface area contributed by atoms with Crippen molar-refractivity contribution >= 4 is 17.9 Å². The van der Waals surface area contributed by atoms with Crippen LogP contribution in [0.1, 0.15) is 37.5 Å². The molecule has 0 saturated carbocycles. The smallest absolute Gasteiger partial charge is 0.303 e. The number of carbonyl (C=O) groups is 3. The van der Waals surface area contributed by atoms with Crippen molar-refractivity contribution in [1.29, 1.82) is 0 Å². The van der Waals surface area contributed by atoms with E-state index in [2.05, 4.69) is 0 Å². The molecule has 5 rings (SSSR count). The Bertz CT molecular complexity index is 1600. The summed E-state index contributed by atoms with van der Waals surface area (Å²) in [5.74, 6) is -1.94. The molecule has 2 aliphatic heterocycles. The third kappa shape index (κ3) is 11.6. The number of ether oxygens (including phenoxy) is 10. The van der Waals surface area contributed by atoms with E-state index in [4.69, 9.17) is 53.1 Å². The van der Waals surface area contributed by atoms with Crippen LogP contribution in [-0.2, 0) is 81.6 Å². The molecule has 0 aliphatic carbocycles. The Morgan fingerprint density at radius 3 is 1.46 bits per heavy atom. The first kappa shape index (κ1) is 40.9.